The van der Waals surface area contributed by atoms with Crippen molar-refractivity contribution in [2.24, 2.45) is 5.73 Å². The molecule has 5 heteroatoms. The lowest BCUT2D eigenvalue weighted by atomic mass is 10.2. The molecule has 1 aromatic rings. The van der Waals surface area contributed by atoms with Gasteiger partial charge in [-0.05, 0) is 12.5 Å². The number of halogens is 1. The minimum Gasteiger partial charge on any atom is -0.350 e. The second-order valence-corrected chi connectivity index (χ2v) is 3.61. The third-order valence-corrected chi connectivity index (χ3v) is 2.20. The zero-order valence-electron chi connectivity index (χ0n) is 9.24. The van der Waals surface area contributed by atoms with Crippen molar-refractivity contribution in [3.05, 3.63) is 29.8 Å². The summed E-state index contributed by atoms with van der Waals surface area (Å²) >= 11 is 0. The van der Waals surface area contributed by atoms with E-state index in [1.165, 1.54) is 12.3 Å². The zero-order valence-corrected chi connectivity index (χ0v) is 9.24. The second-order valence-electron chi connectivity index (χ2n) is 3.61. The van der Waals surface area contributed by atoms with Crippen LogP contribution in [0.2, 0.25) is 0 Å². The fraction of sp³-hybridized carbons (Fsp3) is 0.455. The number of nitrogens with two attached hydrogens (primary N) is 1. The third-order valence-electron chi connectivity index (χ3n) is 2.20. The van der Waals surface area contributed by atoms with Gasteiger partial charge in [0.1, 0.15) is 0 Å². The molecule has 1 unspecified atom stereocenters. The Balaban J connectivity index is 2.50. The molecule has 3 N–H and O–H groups in total. The molecule has 0 aliphatic rings. The van der Waals surface area contributed by atoms with Gasteiger partial charge in [0.2, 0.25) is 0 Å². The molecule has 0 saturated carbocycles. The Morgan fingerprint density at radius 3 is 3.06 bits per heavy atom. The first-order chi connectivity index (χ1) is 7.65. The second kappa shape index (κ2) is 6.17. The van der Waals surface area contributed by atoms with E-state index in [4.69, 9.17) is 5.73 Å². The Bertz CT molecular complexity index is 357. The van der Waals surface area contributed by atoms with Crippen LogP contribution < -0.4 is 11.1 Å². The molecule has 1 aromatic heterocycles. The number of pyridine rings is 1. The summed E-state index contributed by atoms with van der Waals surface area (Å²) in [5.74, 6) is -1.07. The van der Waals surface area contributed by atoms with Gasteiger partial charge < -0.3 is 11.1 Å². The van der Waals surface area contributed by atoms with E-state index in [0.29, 0.717) is 6.54 Å². The zero-order chi connectivity index (χ0) is 12.0. The first-order valence-electron chi connectivity index (χ1n) is 5.28. The Morgan fingerprint density at radius 1 is 1.69 bits per heavy atom. The monoisotopic (exact) mass is 225 g/mol. The molecule has 0 aromatic carbocycles. The average Bonchev–Trinajstić information content (AvgIpc) is 2.27. The number of carbonyl (C=O) groups is 1. The van der Waals surface area contributed by atoms with E-state index in [-0.39, 0.29) is 11.6 Å². The molecule has 0 bridgehead atoms. The van der Waals surface area contributed by atoms with Crippen LogP contribution in [0.5, 0.6) is 0 Å². The van der Waals surface area contributed by atoms with Gasteiger partial charge in [-0.1, -0.05) is 13.3 Å². The van der Waals surface area contributed by atoms with Gasteiger partial charge in [-0.25, -0.2) is 4.39 Å². The van der Waals surface area contributed by atoms with Crippen LogP contribution in [0.1, 0.15) is 30.1 Å². The molecular weight excluding hydrogens is 209 g/mol. The number of hydrogen-bond acceptors (Lipinski definition) is 3. The van der Waals surface area contributed by atoms with Crippen LogP contribution in [-0.4, -0.2) is 23.5 Å². The van der Waals surface area contributed by atoms with Gasteiger partial charge in [0.25, 0.3) is 5.91 Å². The smallest absolute Gasteiger partial charge is 0.254 e. The molecule has 1 rings (SSSR count). The van der Waals surface area contributed by atoms with Gasteiger partial charge >= 0.3 is 0 Å². The molecule has 0 fully saturated rings. The third kappa shape index (κ3) is 3.58. The van der Waals surface area contributed by atoms with Gasteiger partial charge in [0.05, 0.1) is 11.8 Å². The van der Waals surface area contributed by atoms with Crippen molar-refractivity contribution in [1.29, 1.82) is 0 Å². The van der Waals surface area contributed by atoms with Crippen LogP contribution in [-0.2, 0) is 0 Å². The van der Waals surface area contributed by atoms with Gasteiger partial charge in [-0.15, -0.1) is 0 Å². The molecule has 0 aliphatic heterocycles. The molecule has 16 heavy (non-hydrogen) atoms. The molecule has 1 heterocycles. The quantitative estimate of drug-likeness (QED) is 0.787. The lowest BCUT2D eigenvalue weighted by molar-refractivity contribution is 0.0946. The topological polar surface area (TPSA) is 68.0 Å². The summed E-state index contributed by atoms with van der Waals surface area (Å²) in [6.45, 7) is 2.37. The predicted molar refractivity (Wildman–Crippen MR) is 59.4 cm³/mol. The number of rotatable bonds is 5. The highest BCUT2D eigenvalue weighted by atomic mass is 19.1. The SMILES string of the molecule is CCCC(N)CNC(=O)c1ccncc1F. The Kier molecular flexibility index (Phi) is 4.85. The van der Waals surface area contributed by atoms with Crippen LogP contribution in [0.4, 0.5) is 4.39 Å². The summed E-state index contributed by atoms with van der Waals surface area (Å²) in [6.07, 6.45) is 4.19. The summed E-state index contributed by atoms with van der Waals surface area (Å²) in [5.41, 5.74) is 5.73. The fourth-order valence-electron chi connectivity index (χ4n) is 1.35. The summed E-state index contributed by atoms with van der Waals surface area (Å²) in [5, 5.41) is 2.59. The van der Waals surface area contributed by atoms with Crippen molar-refractivity contribution in [3.8, 4) is 0 Å². The fourth-order valence-corrected chi connectivity index (χ4v) is 1.35. The summed E-state index contributed by atoms with van der Waals surface area (Å²) in [7, 11) is 0. The number of amides is 1. The van der Waals surface area contributed by atoms with Crippen LogP contribution in [0.25, 0.3) is 0 Å². The number of nitrogens with zero attached hydrogens (tertiary/aromatic N) is 1. The Morgan fingerprint density at radius 2 is 2.44 bits per heavy atom. The number of hydrogen-bond donors (Lipinski definition) is 2. The van der Waals surface area contributed by atoms with Crippen molar-refractivity contribution >= 4 is 5.91 Å². The van der Waals surface area contributed by atoms with E-state index in [0.717, 1.165) is 19.0 Å². The van der Waals surface area contributed by atoms with Crippen molar-refractivity contribution in [3.63, 3.8) is 0 Å². The van der Waals surface area contributed by atoms with Crippen molar-refractivity contribution in [2.45, 2.75) is 25.8 Å². The van der Waals surface area contributed by atoms with Crippen molar-refractivity contribution in [2.75, 3.05) is 6.54 Å². The van der Waals surface area contributed by atoms with Crippen molar-refractivity contribution < 1.29 is 9.18 Å². The van der Waals surface area contributed by atoms with Gasteiger partial charge in [-0.2, -0.15) is 0 Å². The molecule has 0 radical (unpaired) electrons. The lowest BCUT2D eigenvalue weighted by Gasteiger charge is -2.11. The largest absolute Gasteiger partial charge is 0.350 e. The maximum atomic E-state index is 13.2. The highest BCUT2D eigenvalue weighted by Crippen LogP contribution is 2.03. The van der Waals surface area contributed by atoms with E-state index in [9.17, 15) is 9.18 Å². The maximum Gasteiger partial charge on any atom is 0.254 e. The molecule has 1 amide bonds. The first-order valence-corrected chi connectivity index (χ1v) is 5.28. The molecule has 88 valence electrons. The molecule has 0 saturated heterocycles. The minimum atomic E-state index is -0.621. The highest BCUT2D eigenvalue weighted by Gasteiger charge is 2.11. The molecular formula is C11H16FN3O. The van der Waals surface area contributed by atoms with Gasteiger partial charge in [0, 0.05) is 18.8 Å². The summed E-state index contributed by atoms with van der Waals surface area (Å²) in [4.78, 5) is 15.1. The van der Waals surface area contributed by atoms with Crippen LogP contribution in [0.15, 0.2) is 18.5 Å². The van der Waals surface area contributed by atoms with E-state index >= 15 is 0 Å². The summed E-state index contributed by atoms with van der Waals surface area (Å²) in [6, 6.07) is 1.26. The Hall–Kier alpha value is -1.49. The normalized spacial score (nSPS) is 12.2. The predicted octanol–water partition coefficient (Wildman–Crippen LogP) is 1.08. The number of aromatic nitrogens is 1. The average molecular weight is 225 g/mol. The first kappa shape index (κ1) is 12.6. The van der Waals surface area contributed by atoms with E-state index in [2.05, 4.69) is 10.3 Å². The van der Waals surface area contributed by atoms with E-state index < -0.39 is 11.7 Å². The molecule has 4 nitrogen and oxygen atoms in total. The number of carbonyl (C=O) groups excluding carboxylic acids is 1. The van der Waals surface area contributed by atoms with Crippen molar-refractivity contribution in [1.82, 2.24) is 10.3 Å². The highest BCUT2D eigenvalue weighted by molar-refractivity contribution is 5.94. The molecule has 0 aliphatic carbocycles. The summed E-state index contributed by atoms with van der Waals surface area (Å²) < 4.78 is 13.2. The Labute approximate surface area is 94.1 Å². The van der Waals surface area contributed by atoms with Crippen LogP contribution >= 0.6 is 0 Å². The maximum absolute atomic E-state index is 13.2. The number of nitrogens with one attached hydrogen (secondary N) is 1. The molecule has 1 atom stereocenters. The van der Waals surface area contributed by atoms with Gasteiger partial charge in [-0.3, -0.25) is 9.78 Å². The minimum absolute atomic E-state index is 0.00121. The lowest BCUT2D eigenvalue weighted by Crippen LogP contribution is -2.37. The molecule has 0 spiro atoms. The van der Waals surface area contributed by atoms with E-state index in [1.807, 2.05) is 6.92 Å². The van der Waals surface area contributed by atoms with Gasteiger partial charge in [0.15, 0.2) is 5.82 Å². The van der Waals surface area contributed by atoms with Crippen LogP contribution in [0.3, 0.4) is 0 Å². The standard InChI is InChI=1S/C11H16FN3O/c1-2-3-8(13)6-15-11(16)9-4-5-14-7-10(9)12/h4-5,7-8H,2-3,6,13H2,1H3,(H,15,16). The van der Waals surface area contributed by atoms with Crippen LogP contribution in [0, 0.1) is 5.82 Å². The van der Waals surface area contributed by atoms with E-state index in [1.54, 1.807) is 0 Å².